The molecule has 0 aromatic heterocycles. The lowest BCUT2D eigenvalue weighted by molar-refractivity contribution is -0.359. The molecule has 2 unspecified atom stereocenters. The van der Waals surface area contributed by atoms with Crippen LogP contribution in [-0.2, 0) is 42.9 Å². The minimum absolute atomic E-state index is 0.198. The highest BCUT2D eigenvalue weighted by molar-refractivity contribution is 5.70. The topological polar surface area (TPSA) is 135 Å². The van der Waals surface area contributed by atoms with Gasteiger partial charge in [-0.15, -0.1) is 0 Å². The van der Waals surface area contributed by atoms with Crippen molar-refractivity contribution in [3.05, 3.63) is 0 Å². The van der Waals surface area contributed by atoms with E-state index in [0.717, 1.165) is 27.7 Å². The van der Waals surface area contributed by atoms with Gasteiger partial charge in [0.05, 0.1) is 0 Å². The van der Waals surface area contributed by atoms with E-state index in [1.807, 2.05) is 0 Å². The van der Waals surface area contributed by atoms with Gasteiger partial charge in [-0.2, -0.15) is 0 Å². The molecule has 0 aromatic carbocycles. The molecule has 1 rings (SSSR count). The minimum Gasteiger partial charge on any atom is -0.462 e. The van der Waals surface area contributed by atoms with Crippen LogP contribution in [0, 0.1) is 12.0 Å². The van der Waals surface area contributed by atoms with Crippen LogP contribution in [0.15, 0.2) is 0 Å². The first kappa shape index (κ1) is 20.2. The normalized spacial score (nSPS) is 23.6. The quantitative estimate of drug-likeness (QED) is 0.303. The van der Waals surface area contributed by atoms with Gasteiger partial charge in [0.1, 0.15) is 12.2 Å². The second-order valence-corrected chi connectivity index (χ2v) is 5.04. The summed E-state index contributed by atoms with van der Waals surface area (Å²) in [5.74, 6) is -3.58. The smallest absolute Gasteiger partial charge is 0.419 e. The highest BCUT2D eigenvalue weighted by Gasteiger charge is 2.65. The molecule has 0 saturated carbocycles. The Kier molecular flexibility index (Phi) is 6.76. The predicted octanol–water partition coefficient (Wildman–Crippen LogP) is -0.248. The molecular weight excluding hydrogens is 340 g/mol. The number of esters is 4. The van der Waals surface area contributed by atoms with Crippen molar-refractivity contribution < 1.29 is 48.0 Å². The molecule has 1 saturated heterocycles. The predicted molar refractivity (Wildman–Crippen MR) is 76.6 cm³/mol. The summed E-state index contributed by atoms with van der Waals surface area (Å²) in [4.78, 5) is 45.7. The minimum atomic E-state index is -2.45. The second-order valence-electron chi connectivity index (χ2n) is 5.04. The molecule has 1 fully saturated rings. The van der Waals surface area contributed by atoms with Crippen molar-refractivity contribution in [1.29, 1.82) is 0 Å². The van der Waals surface area contributed by atoms with E-state index in [-0.39, 0.29) is 6.42 Å². The van der Waals surface area contributed by atoms with Gasteiger partial charge in [0.25, 0.3) is 0 Å². The van der Waals surface area contributed by atoms with Crippen LogP contribution in [0.3, 0.4) is 0 Å². The van der Waals surface area contributed by atoms with Gasteiger partial charge in [0.2, 0.25) is 6.10 Å². The lowest BCUT2D eigenvalue weighted by Crippen LogP contribution is -2.52. The van der Waals surface area contributed by atoms with Crippen molar-refractivity contribution in [2.45, 2.75) is 58.4 Å². The molecule has 0 aromatic rings. The van der Waals surface area contributed by atoms with Gasteiger partial charge in [-0.05, 0) is 0 Å². The fourth-order valence-corrected chi connectivity index (χ4v) is 2.28. The van der Waals surface area contributed by atoms with Crippen molar-refractivity contribution in [1.82, 2.24) is 0 Å². The van der Waals surface area contributed by atoms with E-state index < -0.39 is 48.2 Å². The molecule has 1 heterocycles. The van der Waals surface area contributed by atoms with Crippen LogP contribution in [0.2, 0.25) is 0 Å². The Morgan fingerprint density at radius 2 is 1.48 bits per heavy atom. The molecule has 25 heavy (non-hydrogen) atoms. The number of aliphatic hydroxyl groups excluding tert-OH is 1. The molecule has 10 heteroatoms. The van der Waals surface area contributed by atoms with Gasteiger partial charge in [0.15, 0.2) is 6.10 Å². The Labute approximate surface area is 143 Å². The number of aliphatic hydroxyl groups is 1. The zero-order chi connectivity index (χ0) is 19.2. The van der Waals surface area contributed by atoms with Crippen molar-refractivity contribution in [3.63, 3.8) is 0 Å². The number of carbonyl (C=O) groups excluding carboxylic acids is 4. The third kappa shape index (κ3) is 5.36. The Hall–Kier alpha value is -2.80. The van der Waals surface area contributed by atoms with Crippen molar-refractivity contribution in [2.75, 3.05) is 0 Å². The van der Waals surface area contributed by atoms with E-state index in [0.29, 0.717) is 0 Å². The molecule has 0 spiro atoms. The highest BCUT2D eigenvalue weighted by atomic mass is 16.9. The van der Waals surface area contributed by atoms with E-state index in [4.69, 9.17) is 28.8 Å². The molecule has 138 valence electrons. The highest BCUT2D eigenvalue weighted by Crippen LogP contribution is 2.39. The number of ether oxygens (including phenoxy) is 5. The molecule has 0 aliphatic carbocycles. The molecule has 0 amide bonds. The van der Waals surface area contributed by atoms with Crippen LogP contribution in [0.25, 0.3) is 0 Å². The van der Waals surface area contributed by atoms with Crippen LogP contribution in [0.4, 0.5) is 0 Å². The van der Waals surface area contributed by atoms with E-state index >= 15 is 0 Å². The third-order valence-corrected chi connectivity index (χ3v) is 2.88. The summed E-state index contributed by atoms with van der Waals surface area (Å²) in [6, 6.07) is 0. The standard InChI is InChI=1S/C15H18O10/c1-8(17)21-13-12(6-5-7-16)25-15(23-10(3)19,24-11(4)20)14(13)22-9(2)18/h12-14,16H,6H2,1-4H3/t12-,13?,14?/m0/s1. The van der Waals surface area contributed by atoms with Crippen LogP contribution < -0.4 is 0 Å². The monoisotopic (exact) mass is 358 g/mol. The molecule has 0 radical (unpaired) electrons. The summed E-state index contributed by atoms with van der Waals surface area (Å²) >= 11 is 0. The SMILES string of the molecule is CC(=O)OC1C(OC(C)=O)C(OC(C)=O)(OC(C)=O)O[C@H]1CC#CO. The number of hydrogen-bond acceptors (Lipinski definition) is 10. The number of rotatable bonds is 5. The fourth-order valence-electron chi connectivity index (χ4n) is 2.28. The van der Waals surface area contributed by atoms with Gasteiger partial charge in [-0.25, -0.2) is 0 Å². The number of hydrogen-bond donors (Lipinski definition) is 1. The Bertz CT molecular complexity index is 598. The molecule has 10 nitrogen and oxygen atoms in total. The fraction of sp³-hybridized carbons (Fsp3) is 0.600. The van der Waals surface area contributed by atoms with E-state index in [9.17, 15) is 19.2 Å². The van der Waals surface area contributed by atoms with Crippen molar-refractivity contribution in [2.24, 2.45) is 0 Å². The Morgan fingerprint density at radius 1 is 0.960 bits per heavy atom. The summed E-state index contributed by atoms with van der Waals surface area (Å²) in [6.07, 6.45) is -2.57. The summed E-state index contributed by atoms with van der Waals surface area (Å²) in [5, 5.41) is 8.65. The van der Waals surface area contributed by atoms with Crippen molar-refractivity contribution in [3.8, 4) is 12.0 Å². The maximum Gasteiger partial charge on any atom is 0.419 e. The lowest BCUT2D eigenvalue weighted by atomic mass is 10.1. The average Bonchev–Trinajstić information content (AvgIpc) is 2.68. The van der Waals surface area contributed by atoms with Gasteiger partial charge in [-0.1, -0.05) is 5.92 Å². The lowest BCUT2D eigenvalue weighted by Gasteiger charge is -2.31. The average molecular weight is 358 g/mol. The molecule has 3 atom stereocenters. The van der Waals surface area contributed by atoms with E-state index in [1.54, 1.807) is 6.11 Å². The zero-order valence-electron chi connectivity index (χ0n) is 14.1. The largest absolute Gasteiger partial charge is 0.462 e. The molecule has 1 N–H and O–H groups in total. The maximum absolute atomic E-state index is 11.5. The first-order valence-corrected chi connectivity index (χ1v) is 7.14. The van der Waals surface area contributed by atoms with Gasteiger partial charge in [-0.3, -0.25) is 23.9 Å². The van der Waals surface area contributed by atoms with Crippen LogP contribution >= 0.6 is 0 Å². The van der Waals surface area contributed by atoms with Crippen LogP contribution in [0.5, 0.6) is 0 Å². The Morgan fingerprint density at radius 3 is 1.88 bits per heavy atom. The van der Waals surface area contributed by atoms with Crippen LogP contribution in [0.1, 0.15) is 34.1 Å². The van der Waals surface area contributed by atoms with Gasteiger partial charge >= 0.3 is 29.9 Å². The van der Waals surface area contributed by atoms with E-state index in [1.165, 1.54) is 0 Å². The summed E-state index contributed by atoms with van der Waals surface area (Å²) in [5.41, 5.74) is 0. The van der Waals surface area contributed by atoms with Gasteiger partial charge in [0, 0.05) is 34.1 Å². The summed E-state index contributed by atoms with van der Waals surface area (Å²) in [7, 11) is 0. The Balaban J connectivity index is 3.38. The summed E-state index contributed by atoms with van der Waals surface area (Å²) in [6.45, 7) is 4.18. The van der Waals surface area contributed by atoms with Crippen LogP contribution in [-0.4, -0.2) is 53.3 Å². The second kappa shape index (κ2) is 8.34. The van der Waals surface area contributed by atoms with Gasteiger partial charge < -0.3 is 24.1 Å². The number of carbonyl (C=O) groups is 4. The van der Waals surface area contributed by atoms with Crippen molar-refractivity contribution >= 4 is 23.9 Å². The molecule has 0 bridgehead atoms. The molecule has 1 aliphatic heterocycles. The third-order valence-electron chi connectivity index (χ3n) is 2.88. The van der Waals surface area contributed by atoms with E-state index in [2.05, 4.69) is 5.92 Å². The summed E-state index contributed by atoms with van der Waals surface area (Å²) < 4.78 is 25.5. The first-order valence-electron chi connectivity index (χ1n) is 7.14. The maximum atomic E-state index is 11.5. The molecular formula is C15H18O10. The zero-order valence-corrected chi connectivity index (χ0v) is 14.1. The first-order chi connectivity index (χ1) is 11.6. The molecule has 1 aliphatic rings.